The predicted octanol–water partition coefficient (Wildman–Crippen LogP) is 10.8. The van der Waals surface area contributed by atoms with Crippen molar-refractivity contribution in [1.29, 1.82) is 0 Å². The molecule has 11 heteroatoms. The third-order valence-corrected chi connectivity index (χ3v) is 7.91. The summed E-state index contributed by atoms with van der Waals surface area (Å²) in [7, 11) is 0. The highest BCUT2D eigenvalue weighted by Gasteiger charge is 2.21. The highest BCUT2D eigenvalue weighted by molar-refractivity contribution is 7.99. The lowest BCUT2D eigenvalue weighted by Crippen LogP contribution is -2.24. The van der Waals surface area contributed by atoms with Crippen LogP contribution in [0.25, 0.3) is 16.5 Å². The second-order valence-corrected chi connectivity index (χ2v) is 10.3. The largest absolute Gasteiger partial charge is 0.329 e. The van der Waals surface area contributed by atoms with Gasteiger partial charge in [0.05, 0.1) is 9.23 Å². The minimum atomic E-state index is -0.378. The van der Waals surface area contributed by atoms with Crippen molar-refractivity contribution in [2.45, 2.75) is 72.7 Å². The van der Waals surface area contributed by atoms with Crippen LogP contribution in [-0.4, -0.2) is 17.0 Å². The van der Waals surface area contributed by atoms with Crippen molar-refractivity contribution in [2.24, 2.45) is 0 Å². The Morgan fingerprint density at radius 2 is 1.45 bits per heavy atom. The average molecular weight is 674 g/mol. The van der Waals surface area contributed by atoms with Crippen molar-refractivity contribution in [3.05, 3.63) is 85.6 Å². The van der Waals surface area contributed by atoms with Gasteiger partial charge >= 0.3 is 6.03 Å². The quantitative estimate of drug-likeness (QED) is 0.149. The Labute approximate surface area is 274 Å². The van der Waals surface area contributed by atoms with Gasteiger partial charge in [-0.3, -0.25) is 14.1 Å². The zero-order valence-corrected chi connectivity index (χ0v) is 29.7. The molecule has 2 amide bonds. The summed E-state index contributed by atoms with van der Waals surface area (Å²) >= 11 is 18.9. The molecular formula is C31H43Cl3N4O2S2. The molecule has 0 saturated heterocycles. The number of halogens is 3. The van der Waals surface area contributed by atoms with Crippen LogP contribution in [0.2, 0.25) is 9.36 Å². The molecule has 5 rings (SSSR count). The molecule has 1 aliphatic rings. The maximum absolute atomic E-state index is 13.2. The summed E-state index contributed by atoms with van der Waals surface area (Å²) in [6.07, 6.45) is 1.47. The zero-order valence-electron chi connectivity index (χ0n) is 25.8. The van der Waals surface area contributed by atoms with Crippen molar-refractivity contribution >= 4 is 80.6 Å². The number of carbonyl (C=O) groups is 1. The molecule has 0 saturated carbocycles. The highest BCUT2D eigenvalue weighted by Crippen LogP contribution is 2.36. The van der Waals surface area contributed by atoms with E-state index in [-0.39, 0.29) is 11.6 Å². The van der Waals surface area contributed by atoms with Crippen LogP contribution in [0.5, 0.6) is 0 Å². The number of rotatable bonds is 4. The number of benzene rings is 2. The fourth-order valence-electron chi connectivity index (χ4n) is 3.75. The number of thiophene rings is 1. The summed E-state index contributed by atoms with van der Waals surface area (Å²) in [5.41, 5.74) is 3.43. The molecule has 0 spiro atoms. The molecule has 42 heavy (non-hydrogen) atoms. The van der Waals surface area contributed by atoms with E-state index >= 15 is 0 Å². The first-order valence-corrected chi connectivity index (χ1v) is 17.2. The molecule has 2 aromatic carbocycles. The fourth-order valence-corrected chi connectivity index (χ4v) is 6.02. The number of aromatic nitrogens is 1. The summed E-state index contributed by atoms with van der Waals surface area (Å²) in [4.78, 5) is 25.5. The average Bonchev–Trinajstić information content (AvgIpc) is 3.68. The molecule has 6 nitrogen and oxygen atoms in total. The SMILES string of the molecule is CC.CC.CC.CC.CCl.O=C(NSc1cc(Cl)c(Cl)s1)Nc1ccc(-n2c3c(c4ccccc4c2=O)CNC3)cc1. The second-order valence-electron chi connectivity index (χ2n) is 7.11. The lowest BCUT2D eigenvalue weighted by atomic mass is 10.0. The van der Waals surface area contributed by atoms with Crippen LogP contribution in [0.15, 0.2) is 63.6 Å². The molecule has 0 aliphatic carbocycles. The van der Waals surface area contributed by atoms with E-state index in [9.17, 15) is 9.59 Å². The maximum Gasteiger partial charge on any atom is 0.329 e. The fraction of sp³-hybridized carbons (Fsp3) is 0.355. The summed E-state index contributed by atoms with van der Waals surface area (Å²) in [5, 5.41) is 8.27. The first-order chi connectivity index (χ1) is 20.5. The minimum absolute atomic E-state index is 0.0498. The molecule has 3 N–H and O–H groups in total. The van der Waals surface area contributed by atoms with E-state index in [4.69, 9.17) is 23.2 Å². The Balaban J connectivity index is 0.00000153. The van der Waals surface area contributed by atoms with Gasteiger partial charge in [0.25, 0.3) is 5.56 Å². The van der Waals surface area contributed by atoms with Crippen molar-refractivity contribution in [2.75, 3.05) is 11.7 Å². The van der Waals surface area contributed by atoms with Crippen LogP contribution in [0.4, 0.5) is 10.5 Å². The van der Waals surface area contributed by atoms with Gasteiger partial charge in [-0.2, -0.15) is 0 Å². The van der Waals surface area contributed by atoms with Gasteiger partial charge in [0.1, 0.15) is 4.34 Å². The van der Waals surface area contributed by atoms with Crippen molar-refractivity contribution in [3.63, 3.8) is 0 Å². The van der Waals surface area contributed by atoms with Crippen LogP contribution in [0, 0.1) is 0 Å². The number of nitrogens with one attached hydrogen (secondary N) is 3. The van der Waals surface area contributed by atoms with E-state index in [0.29, 0.717) is 27.0 Å². The number of urea groups is 1. The number of anilines is 1. The Hall–Kier alpha value is -2.20. The van der Waals surface area contributed by atoms with E-state index in [2.05, 4.69) is 27.0 Å². The van der Waals surface area contributed by atoms with Gasteiger partial charge in [0, 0.05) is 41.9 Å². The highest BCUT2D eigenvalue weighted by atomic mass is 35.5. The normalized spacial score (nSPS) is 10.4. The van der Waals surface area contributed by atoms with E-state index in [1.54, 1.807) is 22.8 Å². The van der Waals surface area contributed by atoms with Gasteiger partial charge in [0.2, 0.25) is 0 Å². The van der Waals surface area contributed by atoms with Gasteiger partial charge in [-0.25, -0.2) is 4.79 Å². The number of hydrogen-bond acceptors (Lipinski definition) is 5. The second kappa shape index (κ2) is 22.4. The molecule has 3 heterocycles. The molecule has 2 aromatic heterocycles. The number of hydrogen-bond donors (Lipinski definition) is 3. The van der Waals surface area contributed by atoms with E-state index in [1.165, 1.54) is 17.7 Å². The Kier molecular flexibility index (Phi) is 21.2. The van der Waals surface area contributed by atoms with Crippen LogP contribution in [0.1, 0.15) is 66.6 Å². The first-order valence-electron chi connectivity index (χ1n) is 14.0. The molecular weight excluding hydrogens is 631 g/mol. The third kappa shape index (κ3) is 10.5. The monoisotopic (exact) mass is 672 g/mol. The number of pyridine rings is 1. The Morgan fingerprint density at radius 3 is 2.00 bits per heavy atom. The van der Waals surface area contributed by atoms with E-state index in [1.807, 2.05) is 91.8 Å². The summed E-state index contributed by atoms with van der Waals surface area (Å²) in [6.45, 7) is 17.4. The van der Waals surface area contributed by atoms with E-state index < -0.39 is 0 Å². The molecule has 0 atom stereocenters. The first kappa shape index (κ1) is 39.8. The molecule has 4 aromatic rings. The number of fused-ring (bicyclic) bond motifs is 3. The molecule has 0 fully saturated rings. The predicted molar refractivity (Wildman–Crippen MR) is 190 cm³/mol. The van der Waals surface area contributed by atoms with Gasteiger partial charge in [0.15, 0.2) is 0 Å². The topological polar surface area (TPSA) is 75.2 Å². The molecule has 0 unspecified atom stereocenters. The molecule has 0 radical (unpaired) electrons. The van der Waals surface area contributed by atoms with Gasteiger partial charge in [-0.1, -0.05) is 96.8 Å². The van der Waals surface area contributed by atoms with Crippen LogP contribution < -0.4 is 20.9 Å². The van der Waals surface area contributed by atoms with Gasteiger partial charge in [-0.05, 0) is 59.3 Å². The van der Waals surface area contributed by atoms with Crippen LogP contribution >= 0.6 is 58.1 Å². The molecule has 232 valence electrons. The van der Waals surface area contributed by atoms with E-state index in [0.717, 1.165) is 45.0 Å². The van der Waals surface area contributed by atoms with Gasteiger partial charge in [-0.15, -0.1) is 22.9 Å². The minimum Gasteiger partial charge on any atom is -0.307 e. The van der Waals surface area contributed by atoms with Crippen LogP contribution in [0.3, 0.4) is 0 Å². The van der Waals surface area contributed by atoms with Crippen LogP contribution in [-0.2, 0) is 13.1 Å². The third-order valence-electron chi connectivity index (χ3n) is 5.15. The van der Waals surface area contributed by atoms with Crippen molar-refractivity contribution in [3.8, 4) is 5.69 Å². The standard InChI is InChI=1S/C22H16Cl2N4O2S2.4C2H6.CH3Cl/c23-17-9-19(31-20(17)24)32-27-22(30)26-12-5-7-13(8-6-12)28-18-11-25-10-16(18)14-3-1-2-4-15(14)21(28)29;5*1-2/h1-9,25H,10-11H2,(H2,26,27,30);4*1-2H3;1H3. The van der Waals surface area contributed by atoms with Crippen molar-refractivity contribution < 1.29 is 4.79 Å². The summed E-state index contributed by atoms with van der Waals surface area (Å²) < 4.78 is 5.71. The number of amides is 2. The van der Waals surface area contributed by atoms with Crippen molar-refractivity contribution in [1.82, 2.24) is 14.6 Å². The smallest absolute Gasteiger partial charge is 0.307 e. The maximum atomic E-state index is 13.2. The summed E-state index contributed by atoms with van der Waals surface area (Å²) in [6, 6.07) is 16.2. The Bertz CT molecular complexity index is 1390. The number of alkyl halides is 1. The lowest BCUT2D eigenvalue weighted by molar-refractivity contribution is 0.257. The van der Waals surface area contributed by atoms with Gasteiger partial charge < -0.3 is 10.6 Å². The summed E-state index contributed by atoms with van der Waals surface area (Å²) in [5.74, 6) is 0. The zero-order chi connectivity index (χ0) is 32.2. The molecule has 1 aliphatic heterocycles. The lowest BCUT2D eigenvalue weighted by Gasteiger charge is -2.15. The number of carbonyl (C=O) groups excluding carboxylic acids is 1. The Morgan fingerprint density at radius 1 is 0.881 bits per heavy atom. The number of nitrogens with zero attached hydrogens (tertiary/aromatic N) is 1. The molecule has 0 bridgehead atoms.